The molecular formula is C16H16F3N3O2. The maximum absolute atomic E-state index is 12.6. The van der Waals surface area contributed by atoms with Crippen molar-refractivity contribution < 1.29 is 23.1 Å². The van der Waals surface area contributed by atoms with Crippen LogP contribution in [-0.4, -0.2) is 27.2 Å². The zero-order valence-corrected chi connectivity index (χ0v) is 12.6. The van der Waals surface area contributed by atoms with Crippen molar-refractivity contribution in [2.45, 2.75) is 19.0 Å². The Morgan fingerprint density at radius 2 is 1.96 bits per heavy atom. The van der Waals surface area contributed by atoms with Gasteiger partial charge in [-0.1, -0.05) is 6.08 Å². The van der Waals surface area contributed by atoms with Crippen molar-refractivity contribution in [3.05, 3.63) is 59.7 Å². The number of imidazole rings is 1. The smallest absolute Gasteiger partial charge is 0.416 e. The van der Waals surface area contributed by atoms with Crippen molar-refractivity contribution in [1.29, 1.82) is 0 Å². The molecule has 2 aromatic rings. The van der Waals surface area contributed by atoms with Crippen LogP contribution in [0.25, 0.3) is 5.69 Å². The molecule has 8 heteroatoms. The van der Waals surface area contributed by atoms with Crippen LogP contribution in [0.15, 0.2) is 48.4 Å². The summed E-state index contributed by atoms with van der Waals surface area (Å²) in [4.78, 5) is 15.3. The highest BCUT2D eigenvalue weighted by molar-refractivity contribution is 5.86. The van der Waals surface area contributed by atoms with Crippen molar-refractivity contribution >= 4 is 5.97 Å². The SMILES string of the molecule is NCC/C=C(/Cc1cn(-c2ccc(C(F)(F)F)cc2)cn1)C(=O)O. The summed E-state index contributed by atoms with van der Waals surface area (Å²) in [6.45, 7) is 0.344. The van der Waals surface area contributed by atoms with Gasteiger partial charge in [0.2, 0.25) is 0 Å². The molecule has 2 rings (SSSR count). The van der Waals surface area contributed by atoms with Gasteiger partial charge in [0, 0.05) is 23.9 Å². The van der Waals surface area contributed by atoms with Gasteiger partial charge in [-0.15, -0.1) is 0 Å². The second-order valence-electron chi connectivity index (χ2n) is 5.11. The minimum absolute atomic E-state index is 0.114. The summed E-state index contributed by atoms with van der Waals surface area (Å²) >= 11 is 0. The van der Waals surface area contributed by atoms with E-state index in [-0.39, 0.29) is 12.0 Å². The quantitative estimate of drug-likeness (QED) is 0.793. The van der Waals surface area contributed by atoms with Crippen LogP contribution in [0, 0.1) is 0 Å². The van der Waals surface area contributed by atoms with Crippen LogP contribution >= 0.6 is 0 Å². The first kappa shape index (κ1) is 17.7. The number of rotatable bonds is 6. The number of carboxylic acid groups (broad SMARTS) is 1. The van der Waals surface area contributed by atoms with Gasteiger partial charge in [0.25, 0.3) is 0 Å². The van der Waals surface area contributed by atoms with Crippen LogP contribution in [0.3, 0.4) is 0 Å². The fourth-order valence-electron chi connectivity index (χ4n) is 2.11. The third-order valence-corrected chi connectivity index (χ3v) is 3.33. The summed E-state index contributed by atoms with van der Waals surface area (Å²) in [6, 6.07) is 4.63. The van der Waals surface area contributed by atoms with Crippen LogP contribution in [0.2, 0.25) is 0 Å². The molecule has 24 heavy (non-hydrogen) atoms. The third-order valence-electron chi connectivity index (χ3n) is 3.33. The minimum Gasteiger partial charge on any atom is -0.478 e. The molecule has 3 N–H and O–H groups in total. The lowest BCUT2D eigenvalue weighted by Gasteiger charge is -2.07. The fourth-order valence-corrected chi connectivity index (χ4v) is 2.11. The molecule has 1 heterocycles. The molecule has 1 aromatic carbocycles. The molecule has 0 fully saturated rings. The van der Waals surface area contributed by atoms with E-state index in [1.165, 1.54) is 23.0 Å². The van der Waals surface area contributed by atoms with E-state index in [1.54, 1.807) is 12.3 Å². The molecule has 0 aliphatic heterocycles. The van der Waals surface area contributed by atoms with E-state index in [9.17, 15) is 18.0 Å². The van der Waals surface area contributed by atoms with Crippen LogP contribution < -0.4 is 5.73 Å². The topological polar surface area (TPSA) is 81.1 Å². The van der Waals surface area contributed by atoms with E-state index in [2.05, 4.69) is 4.98 Å². The van der Waals surface area contributed by atoms with Crippen molar-refractivity contribution in [1.82, 2.24) is 9.55 Å². The van der Waals surface area contributed by atoms with E-state index in [0.717, 1.165) is 12.1 Å². The normalized spacial score (nSPS) is 12.4. The summed E-state index contributed by atoms with van der Waals surface area (Å²) < 4.78 is 39.2. The number of aromatic nitrogens is 2. The van der Waals surface area contributed by atoms with Crippen molar-refractivity contribution in [3.8, 4) is 5.69 Å². The Morgan fingerprint density at radius 1 is 1.29 bits per heavy atom. The highest BCUT2D eigenvalue weighted by Crippen LogP contribution is 2.29. The van der Waals surface area contributed by atoms with E-state index in [4.69, 9.17) is 10.8 Å². The molecule has 0 atom stereocenters. The van der Waals surface area contributed by atoms with Gasteiger partial charge in [-0.05, 0) is 37.2 Å². The number of hydrogen-bond acceptors (Lipinski definition) is 3. The molecule has 0 aliphatic carbocycles. The maximum atomic E-state index is 12.6. The number of alkyl halides is 3. The number of halogens is 3. The molecule has 0 spiro atoms. The van der Waals surface area contributed by atoms with Crippen molar-refractivity contribution in [3.63, 3.8) is 0 Å². The second-order valence-corrected chi connectivity index (χ2v) is 5.11. The lowest BCUT2D eigenvalue weighted by atomic mass is 10.1. The number of hydrogen-bond donors (Lipinski definition) is 2. The highest BCUT2D eigenvalue weighted by Gasteiger charge is 2.29. The van der Waals surface area contributed by atoms with Gasteiger partial charge in [-0.2, -0.15) is 13.2 Å². The van der Waals surface area contributed by atoms with Crippen LogP contribution in [0.4, 0.5) is 13.2 Å². The zero-order valence-electron chi connectivity index (χ0n) is 12.6. The number of benzene rings is 1. The van der Waals surface area contributed by atoms with Crippen LogP contribution in [0.5, 0.6) is 0 Å². The van der Waals surface area contributed by atoms with Gasteiger partial charge >= 0.3 is 12.1 Å². The van der Waals surface area contributed by atoms with Crippen LogP contribution in [0.1, 0.15) is 17.7 Å². The molecule has 0 saturated carbocycles. The van der Waals surface area contributed by atoms with Crippen molar-refractivity contribution in [2.24, 2.45) is 5.73 Å². The third kappa shape index (κ3) is 4.45. The predicted molar refractivity (Wildman–Crippen MR) is 81.7 cm³/mol. The predicted octanol–water partition coefficient (Wildman–Crippen LogP) is 2.79. The molecule has 0 amide bonds. The van der Waals surface area contributed by atoms with E-state index in [1.807, 2.05) is 0 Å². The Balaban J connectivity index is 2.17. The Bertz CT molecular complexity index is 734. The Morgan fingerprint density at radius 3 is 2.50 bits per heavy atom. The largest absolute Gasteiger partial charge is 0.478 e. The zero-order chi connectivity index (χ0) is 17.7. The van der Waals surface area contributed by atoms with E-state index in [0.29, 0.717) is 24.3 Å². The average Bonchev–Trinajstić information content (AvgIpc) is 2.99. The minimum atomic E-state index is -4.39. The first-order valence-corrected chi connectivity index (χ1v) is 7.14. The molecule has 128 valence electrons. The lowest BCUT2D eigenvalue weighted by molar-refractivity contribution is -0.137. The van der Waals surface area contributed by atoms with Gasteiger partial charge in [0.05, 0.1) is 17.6 Å². The Hall–Kier alpha value is -2.61. The number of carboxylic acids is 1. The van der Waals surface area contributed by atoms with Crippen LogP contribution in [-0.2, 0) is 17.4 Å². The maximum Gasteiger partial charge on any atom is 0.416 e. The van der Waals surface area contributed by atoms with Gasteiger partial charge < -0.3 is 15.4 Å². The van der Waals surface area contributed by atoms with Gasteiger partial charge in [0.15, 0.2) is 0 Å². The first-order valence-electron chi connectivity index (χ1n) is 7.14. The summed E-state index contributed by atoms with van der Waals surface area (Å²) in [5.41, 5.74) is 5.81. The number of nitrogens with two attached hydrogens (primary N) is 1. The second kappa shape index (κ2) is 7.31. The number of carbonyl (C=O) groups is 1. The summed E-state index contributed by atoms with van der Waals surface area (Å²) in [5, 5.41) is 9.14. The van der Waals surface area contributed by atoms with Gasteiger partial charge in [-0.3, -0.25) is 0 Å². The molecule has 0 unspecified atom stereocenters. The molecule has 0 radical (unpaired) electrons. The summed E-state index contributed by atoms with van der Waals surface area (Å²) in [5.74, 6) is -1.05. The standard InChI is InChI=1S/C16H16F3N3O2/c17-16(18,19)12-3-5-14(6-4-12)22-9-13(21-10-22)8-11(15(23)24)2-1-7-20/h2-6,9-10H,1,7-8,20H2,(H,23,24)/b11-2-. The number of aliphatic carboxylic acids is 1. The van der Waals surface area contributed by atoms with Crippen molar-refractivity contribution in [2.75, 3.05) is 6.54 Å². The Kier molecular flexibility index (Phi) is 5.40. The lowest BCUT2D eigenvalue weighted by Crippen LogP contribution is -2.06. The average molecular weight is 339 g/mol. The number of nitrogens with zero attached hydrogens (tertiary/aromatic N) is 2. The van der Waals surface area contributed by atoms with Gasteiger partial charge in [0.1, 0.15) is 0 Å². The molecule has 1 aromatic heterocycles. The Labute approximate surface area is 136 Å². The highest BCUT2D eigenvalue weighted by atomic mass is 19.4. The summed E-state index contributed by atoms with van der Waals surface area (Å²) in [6.07, 6.45) is 0.731. The van der Waals surface area contributed by atoms with E-state index < -0.39 is 17.7 Å². The monoisotopic (exact) mass is 339 g/mol. The fraction of sp³-hybridized carbons (Fsp3) is 0.250. The molecule has 5 nitrogen and oxygen atoms in total. The summed E-state index contributed by atoms with van der Waals surface area (Å²) in [7, 11) is 0. The first-order chi connectivity index (χ1) is 11.3. The molecular weight excluding hydrogens is 323 g/mol. The molecule has 0 aliphatic rings. The van der Waals surface area contributed by atoms with E-state index >= 15 is 0 Å². The molecule has 0 bridgehead atoms. The van der Waals surface area contributed by atoms with Gasteiger partial charge in [-0.25, -0.2) is 9.78 Å². The molecule has 0 saturated heterocycles.